The van der Waals surface area contributed by atoms with Crippen LogP contribution in [0, 0.1) is 0 Å². The fourth-order valence-electron chi connectivity index (χ4n) is 1.76. The Hall–Kier alpha value is -2.50. The number of carboxylic acid groups (broad SMARTS) is 1. The molecule has 0 saturated carbocycles. The van der Waals surface area contributed by atoms with Crippen LogP contribution >= 0.6 is 0 Å². The van der Waals surface area contributed by atoms with Crippen molar-refractivity contribution in [1.29, 1.82) is 0 Å². The molecule has 6 heteroatoms. The molecule has 25 heavy (non-hydrogen) atoms. The molecule has 1 atom stereocenters. The highest BCUT2D eigenvalue weighted by Crippen LogP contribution is 2.14. The maximum absolute atomic E-state index is 11.7. The molecule has 0 radical (unpaired) electrons. The van der Waals surface area contributed by atoms with E-state index in [0.29, 0.717) is 12.4 Å². The fourth-order valence-corrected chi connectivity index (χ4v) is 1.76. The highest BCUT2D eigenvalue weighted by atomic mass is 16.6. The SMILES string of the molecule is C=CCOc1ccc(C[C@H](NC(=O)OC(C)(C)C)C(=O)O)cc1.CC. The van der Waals surface area contributed by atoms with E-state index in [9.17, 15) is 14.7 Å². The maximum Gasteiger partial charge on any atom is 0.408 e. The van der Waals surface area contributed by atoms with Gasteiger partial charge in [0.15, 0.2) is 0 Å². The average Bonchev–Trinajstić information content (AvgIpc) is 2.53. The number of nitrogens with one attached hydrogen (secondary N) is 1. The van der Waals surface area contributed by atoms with E-state index in [1.165, 1.54) is 0 Å². The lowest BCUT2D eigenvalue weighted by molar-refractivity contribution is -0.139. The molecule has 0 fully saturated rings. The van der Waals surface area contributed by atoms with Crippen LogP contribution < -0.4 is 10.1 Å². The van der Waals surface area contributed by atoms with Crippen LogP contribution in [0.25, 0.3) is 0 Å². The van der Waals surface area contributed by atoms with E-state index in [0.717, 1.165) is 5.56 Å². The fraction of sp³-hybridized carbons (Fsp3) is 0.474. The molecule has 0 saturated heterocycles. The Morgan fingerprint density at radius 1 is 1.24 bits per heavy atom. The van der Waals surface area contributed by atoms with Crippen molar-refractivity contribution in [2.75, 3.05) is 6.61 Å². The number of carboxylic acids is 1. The number of alkyl carbamates (subject to hydrolysis) is 1. The van der Waals surface area contributed by atoms with Gasteiger partial charge in [-0.3, -0.25) is 0 Å². The van der Waals surface area contributed by atoms with Gasteiger partial charge in [-0.1, -0.05) is 38.6 Å². The van der Waals surface area contributed by atoms with Crippen molar-refractivity contribution in [1.82, 2.24) is 5.32 Å². The molecule has 0 aliphatic rings. The quantitative estimate of drug-likeness (QED) is 0.730. The molecule has 1 rings (SSSR count). The normalized spacial score (nSPS) is 11.4. The van der Waals surface area contributed by atoms with Crippen molar-refractivity contribution < 1.29 is 24.2 Å². The van der Waals surface area contributed by atoms with Crippen LogP contribution in [-0.4, -0.2) is 35.4 Å². The van der Waals surface area contributed by atoms with E-state index in [1.54, 1.807) is 51.1 Å². The van der Waals surface area contributed by atoms with Crippen LogP contribution in [0.5, 0.6) is 5.75 Å². The van der Waals surface area contributed by atoms with Crippen molar-refractivity contribution in [3.05, 3.63) is 42.5 Å². The molecule has 1 aromatic rings. The first-order valence-electron chi connectivity index (χ1n) is 8.26. The Kier molecular flexibility index (Phi) is 10.0. The van der Waals surface area contributed by atoms with Crippen molar-refractivity contribution in [3.8, 4) is 5.75 Å². The Morgan fingerprint density at radius 3 is 2.24 bits per heavy atom. The minimum Gasteiger partial charge on any atom is -0.490 e. The van der Waals surface area contributed by atoms with Gasteiger partial charge < -0.3 is 19.9 Å². The summed E-state index contributed by atoms with van der Waals surface area (Å²) in [6, 6.07) is 5.93. The second-order valence-corrected chi connectivity index (χ2v) is 5.98. The Morgan fingerprint density at radius 2 is 1.80 bits per heavy atom. The molecule has 6 nitrogen and oxygen atoms in total. The minimum absolute atomic E-state index is 0.149. The van der Waals surface area contributed by atoms with Crippen LogP contribution in [0.4, 0.5) is 4.79 Å². The number of benzene rings is 1. The van der Waals surface area contributed by atoms with Crippen molar-refractivity contribution in [2.45, 2.75) is 52.7 Å². The zero-order valence-electron chi connectivity index (χ0n) is 15.7. The lowest BCUT2D eigenvalue weighted by atomic mass is 10.1. The molecule has 0 aliphatic heterocycles. The summed E-state index contributed by atoms with van der Waals surface area (Å²) >= 11 is 0. The molecule has 0 spiro atoms. The van der Waals surface area contributed by atoms with Gasteiger partial charge in [0.25, 0.3) is 0 Å². The van der Waals surface area contributed by atoms with Gasteiger partial charge in [-0.25, -0.2) is 9.59 Å². The van der Waals surface area contributed by atoms with Gasteiger partial charge in [-0.15, -0.1) is 0 Å². The Balaban J connectivity index is 0.00000277. The largest absolute Gasteiger partial charge is 0.490 e. The monoisotopic (exact) mass is 351 g/mol. The zero-order chi connectivity index (χ0) is 19.5. The van der Waals surface area contributed by atoms with Crippen LogP contribution in [0.1, 0.15) is 40.2 Å². The summed E-state index contributed by atoms with van der Waals surface area (Å²) in [5.41, 5.74) is 0.0801. The summed E-state index contributed by atoms with van der Waals surface area (Å²) < 4.78 is 10.4. The van der Waals surface area contributed by atoms with E-state index in [1.807, 2.05) is 13.8 Å². The molecule has 1 amide bonds. The van der Waals surface area contributed by atoms with Gasteiger partial charge in [0.1, 0.15) is 24.0 Å². The van der Waals surface area contributed by atoms with E-state index in [-0.39, 0.29) is 6.42 Å². The van der Waals surface area contributed by atoms with Crippen LogP contribution in [0.2, 0.25) is 0 Å². The summed E-state index contributed by atoms with van der Waals surface area (Å²) in [7, 11) is 0. The maximum atomic E-state index is 11.7. The lowest BCUT2D eigenvalue weighted by Gasteiger charge is -2.22. The van der Waals surface area contributed by atoms with Crippen LogP contribution in [-0.2, 0) is 16.0 Å². The summed E-state index contributed by atoms with van der Waals surface area (Å²) in [6.45, 7) is 13.1. The van der Waals surface area contributed by atoms with Crippen LogP contribution in [0.3, 0.4) is 0 Å². The first-order valence-corrected chi connectivity index (χ1v) is 8.26. The van der Waals surface area contributed by atoms with Gasteiger partial charge >= 0.3 is 12.1 Å². The lowest BCUT2D eigenvalue weighted by Crippen LogP contribution is -2.44. The first kappa shape index (κ1) is 22.5. The van der Waals surface area contributed by atoms with Gasteiger partial charge in [0.05, 0.1) is 0 Å². The molecule has 0 bridgehead atoms. The molecule has 0 aromatic heterocycles. The number of hydrogen-bond donors (Lipinski definition) is 2. The standard InChI is InChI=1S/C17H23NO5.C2H6/c1-5-10-22-13-8-6-12(7-9-13)11-14(15(19)20)18-16(21)23-17(2,3)4;1-2/h5-9,14H,1,10-11H2,2-4H3,(H,18,21)(H,19,20);1-2H3/t14-;/m0./s1. The number of amides is 1. The predicted octanol–water partition coefficient (Wildman–Crippen LogP) is 3.80. The highest BCUT2D eigenvalue weighted by Gasteiger charge is 2.24. The van der Waals surface area contributed by atoms with Crippen molar-refractivity contribution in [3.63, 3.8) is 0 Å². The van der Waals surface area contributed by atoms with E-state index >= 15 is 0 Å². The number of rotatable bonds is 7. The smallest absolute Gasteiger partial charge is 0.408 e. The number of hydrogen-bond acceptors (Lipinski definition) is 4. The third-order valence-corrected chi connectivity index (χ3v) is 2.72. The molecule has 0 aliphatic carbocycles. The van der Waals surface area contributed by atoms with Gasteiger partial charge in [-0.05, 0) is 38.5 Å². The number of carbonyl (C=O) groups is 2. The second kappa shape index (κ2) is 11.1. The Bertz CT molecular complexity index is 546. The summed E-state index contributed by atoms with van der Waals surface area (Å²) in [5, 5.41) is 11.6. The molecule has 2 N–H and O–H groups in total. The highest BCUT2D eigenvalue weighted by molar-refractivity contribution is 5.80. The van der Waals surface area contributed by atoms with E-state index in [4.69, 9.17) is 9.47 Å². The van der Waals surface area contributed by atoms with E-state index < -0.39 is 23.7 Å². The van der Waals surface area contributed by atoms with E-state index in [2.05, 4.69) is 11.9 Å². The molecule has 0 unspecified atom stereocenters. The van der Waals surface area contributed by atoms with Crippen molar-refractivity contribution >= 4 is 12.1 Å². The van der Waals surface area contributed by atoms with Gasteiger partial charge in [-0.2, -0.15) is 0 Å². The third kappa shape index (κ3) is 10.1. The average molecular weight is 351 g/mol. The summed E-state index contributed by atoms with van der Waals surface area (Å²) in [5.74, 6) is -0.455. The number of ether oxygens (including phenoxy) is 2. The van der Waals surface area contributed by atoms with Gasteiger partial charge in [0, 0.05) is 6.42 Å². The molecule has 0 heterocycles. The topological polar surface area (TPSA) is 84.9 Å². The second-order valence-electron chi connectivity index (χ2n) is 5.98. The summed E-state index contributed by atoms with van der Waals surface area (Å²) in [4.78, 5) is 23.0. The first-order chi connectivity index (χ1) is 11.7. The zero-order valence-corrected chi connectivity index (χ0v) is 15.7. The summed E-state index contributed by atoms with van der Waals surface area (Å²) in [6.07, 6.45) is 1.03. The predicted molar refractivity (Wildman–Crippen MR) is 98.0 cm³/mol. The van der Waals surface area contributed by atoms with Gasteiger partial charge in [0.2, 0.25) is 0 Å². The molecular weight excluding hydrogens is 322 g/mol. The van der Waals surface area contributed by atoms with Crippen LogP contribution in [0.15, 0.2) is 36.9 Å². The van der Waals surface area contributed by atoms with Crippen molar-refractivity contribution in [2.24, 2.45) is 0 Å². The molecule has 140 valence electrons. The molecular formula is C19H29NO5. The number of aliphatic carboxylic acids is 1. The minimum atomic E-state index is -1.12. The number of carbonyl (C=O) groups excluding carboxylic acids is 1. The molecule has 1 aromatic carbocycles. The Labute approximate surface area is 149 Å². The third-order valence-electron chi connectivity index (χ3n) is 2.72.